The van der Waals surface area contributed by atoms with E-state index in [1.165, 1.54) is 11.2 Å². The van der Waals surface area contributed by atoms with Gasteiger partial charge >= 0.3 is 0 Å². The molecule has 0 fully saturated rings. The van der Waals surface area contributed by atoms with Crippen molar-refractivity contribution in [3.05, 3.63) is 42.2 Å². The first kappa shape index (κ1) is 9.28. The molecule has 0 aliphatic heterocycles. The Morgan fingerprint density at radius 2 is 2.07 bits per heavy atom. The number of fused-ring (bicyclic) bond motifs is 1. The Morgan fingerprint density at radius 3 is 2.86 bits per heavy atom. The molecule has 2 nitrogen and oxygen atoms in total. The van der Waals surface area contributed by atoms with Crippen molar-refractivity contribution in [2.45, 2.75) is 26.6 Å². The summed E-state index contributed by atoms with van der Waals surface area (Å²) >= 11 is 0. The van der Waals surface area contributed by atoms with Crippen molar-refractivity contribution in [1.29, 1.82) is 0 Å². The number of pyridine rings is 1. The van der Waals surface area contributed by atoms with E-state index in [2.05, 4.69) is 42.6 Å². The predicted molar refractivity (Wildman–Crippen MR) is 57.3 cm³/mol. The van der Waals surface area contributed by atoms with Gasteiger partial charge in [0.1, 0.15) is 0 Å². The number of ether oxygens (including phenoxy) is 1. The molecule has 0 spiro atoms. The second-order valence-electron chi connectivity index (χ2n) is 3.68. The molecular formula is C12H15NO. The van der Waals surface area contributed by atoms with Crippen LogP contribution in [0.3, 0.4) is 0 Å². The molecule has 0 aliphatic carbocycles. The van der Waals surface area contributed by atoms with E-state index in [-0.39, 0.29) is 6.10 Å². The Labute approximate surface area is 84.1 Å². The summed E-state index contributed by atoms with van der Waals surface area (Å²) in [4.78, 5) is 0. The fourth-order valence-electron chi connectivity index (χ4n) is 1.49. The van der Waals surface area contributed by atoms with Crippen LogP contribution < -0.4 is 0 Å². The highest BCUT2D eigenvalue weighted by molar-refractivity contribution is 5.49. The molecular weight excluding hydrogens is 174 g/mol. The van der Waals surface area contributed by atoms with Crippen molar-refractivity contribution in [1.82, 2.24) is 4.40 Å². The highest BCUT2D eigenvalue weighted by Crippen LogP contribution is 2.11. The molecule has 2 rings (SSSR count). The smallest absolute Gasteiger partial charge is 0.0874 e. The van der Waals surface area contributed by atoms with Crippen molar-refractivity contribution < 1.29 is 4.74 Å². The van der Waals surface area contributed by atoms with E-state index in [1.54, 1.807) is 0 Å². The molecule has 14 heavy (non-hydrogen) atoms. The van der Waals surface area contributed by atoms with Crippen LogP contribution in [-0.2, 0) is 11.3 Å². The van der Waals surface area contributed by atoms with Gasteiger partial charge in [0, 0.05) is 17.4 Å². The standard InChI is InChI=1S/C12H15NO/c1-10(2)14-9-12-7-6-11-5-3-4-8-13(11)12/h3-8,10H,9H2,1-2H3. The Bertz CT molecular complexity index is 417. The molecule has 74 valence electrons. The van der Waals surface area contributed by atoms with Crippen molar-refractivity contribution in [3.63, 3.8) is 0 Å². The largest absolute Gasteiger partial charge is 0.373 e. The summed E-state index contributed by atoms with van der Waals surface area (Å²) in [5.74, 6) is 0. The minimum absolute atomic E-state index is 0.282. The maximum atomic E-state index is 5.57. The van der Waals surface area contributed by atoms with Crippen LogP contribution in [0.4, 0.5) is 0 Å². The predicted octanol–water partition coefficient (Wildman–Crippen LogP) is 2.86. The summed E-state index contributed by atoms with van der Waals surface area (Å²) in [7, 11) is 0. The number of rotatable bonds is 3. The zero-order valence-electron chi connectivity index (χ0n) is 8.60. The van der Waals surface area contributed by atoms with Crippen LogP contribution in [0.5, 0.6) is 0 Å². The quantitative estimate of drug-likeness (QED) is 0.724. The van der Waals surface area contributed by atoms with E-state index >= 15 is 0 Å². The second-order valence-corrected chi connectivity index (χ2v) is 3.68. The van der Waals surface area contributed by atoms with Crippen LogP contribution in [0, 0.1) is 0 Å². The van der Waals surface area contributed by atoms with Crippen LogP contribution in [0.2, 0.25) is 0 Å². The maximum absolute atomic E-state index is 5.57. The van der Waals surface area contributed by atoms with Crippen LogP contribution in [0.1, 0.15) is 19.5 Å². The van der Waals surface area contributed by atoms with Gasteiger partial charge in [-0.1, -0.05) is 6.07 Å². The molecule has 0 radical (unpaired) electrons. The van der Waals surface area contributed by atoms with E-state index < -0.39 is 0 Å². The lowest BCUT2D eigenvalue weighted by molar-refractivity contribution is 0.0632. The van der Waals surface area contributed by atoms with Gasteiger partial charge in [-0.15, -0.1) is 0 Å². The number of nitrogens with zero attached hydrogens (tertiary/aromatic N) is 1. The Hall–Kier alpha value is -1.28. The van der Waals surface area contributed by atoms with Gasteiger partial charge in [-0.25, -0.2) is 0 Å². The summed E-state index contributed by atoms with van der Waals surface area (Å²) in [6, 6.07) is 10.4. The van der Waals surface area contributed by atoms with Gasteiger partial charge in [-0.3, -0.25) is 0 Å². The SMILES string of the molecule is CC(C)OCc1ccc2ccccn12. The highest BCUT2D eigenvalue weighted by Gasteiger charge is 2.01. The van der Waals surface area contributed by atoms with Crippen molar-refractivity contribution in [2.24, 2.45) is 0 Å². The van der Waals surface area contributed by atoms with Crippen LogP contribution in [-0.4, -0.2) is 10.5 Å². The molecule has 0 bridgehead atoms. The fourth-order valence-corrected chi connectivity index (χ4v) is 1.49. The molecule has 0 unspecified atom stereocenters. The highest BCUT2D eigenvalue weighted by atomic mass is 16.5. The molecule has 2 aromatic heterocycles. The monoisotopic (exact) mass is 189 g/mol. The zero-order valence-corrected chi connectivity index (χ0v) is 8.60. The van der Waals surface area contributed by atoms with E-state index in [4.69, 9.17) is 4.74 Å². The molecule has 2 heterocycles. The van der Waals surface area contributed by atoms with E-state index in [0.717, 1.165) is 0 Å². The first-order valence-corrected chi connectivity index (χ1v) is 4.94. The fraction of sp³-hybridized carbons (Fsp3) is 0.333. The number of hydrogen-bond donors (Lipinski definition) is 0. The third-order valence-corrected chi connectivity index (χ3v) is 2.21. The van der Waals surface area contributed by atoms with E-state index in [1.807, 2.05) is 12.1 Å². The summed E-state index contributed by atoms with van der Waals surface area (Å²) < 4.78 is 7.73. The Balaban J connectivity index is 2.25. The topological polar surface area (TPSA) is 13.6 Å². The minimum atomic E-state index is 0.282. The van der Waals surface area contributed by atoms with E-state index in [0.29, 0.717) is 6.61 Å². The minimum Gasteiger partial charge on any atom is -0.373 e. The van der Waals surface area contributed by atoms with Gasteiger partial charge in [0.15, 0.2) is 0 Å². The zero-order chi connectivity index (χ0) is 9.97. The van der Waals surface area contributed by atoms with Gasteiger partial charge in [0.25, 0.3) is 0 Å². The van der Waals surface area contributed by atoms with Gasteiger partial charge in [-0.05, 0) is 38.1 Å². The maximum Gasteiger partial charge on any atom is 0.0874 e. The molecule has 0 atom stereocenters. The molecule has 2 heteroatoms. The molecule has 0 saturated carbocycles. The van der Waals surface area contributed by atoms with Crippen LogP contribution in [0.15, 0.2) is 36.5 Å². The van der Waals surface area contributed by atoms with Crippen molar-refractivity contribution in [3.8, 4) is 0 Å². The van der Waals surface area contributed by atoms with Gasteiger partial charge in [0.2, 0.25) is 0 Å². The van der Waals surface area contributed by atoms with Crippen LogP contribution >= 0.6 is 0 Å². The van der Waals surface area contributed by atoms with Crippen molar-refractivity contribution >= 4 is 5.52 Å². The average Bonchev–Trinajstić information content (AvgIpc) is 2.58. The second kappa shape index (κ2) is 3.84. The summed E-state index contributed by atoms with van der Waals surface area (Å²) in [6.07, 6.45) is 2.35. The van der Waals surface area contributed by atoms with Crippen LogP contribution in [0.25, 0.3) is 5.52 Å². The number of aromatic nitrogens is 1. The lowest BCUT2D eigenvalue weighted by atomic mass is 10.4. The molecule has 2 aromatic rings. The third-order valence-electron chi connectivity index (χ3n) is 2.21. The van der Waals surface area contributed by atoms with Crippen molar-refractivity contribution in [2.75, 3.05) is 0 Å². The molecule has 0 aliphatic rings. The Morgan fingerprint density at radius 1 is 1.21 bits per heavy atom. The summed E-state index contributed by atoms with van der Waals surface area (Å²) in [5.41, 5.74) is 2.42. The summed E-state index contributed by atoms with van der Waals surface area (Å²) in [6.45, 7) is 4.78. The first-order valence-electron chi connectivity index (χ1n) is 4.94. The molecule has 0 saturated heterocycles. The number of hydrogen-bond acceptors (Lipinski definition) is 1. The molecule has 0 amide bonds. The summed E-state index contributed by atoms with van der Waals surface area (Å²) in [5, 5.41) is 0. The van der Waals surface area contributed by atoms with Gasteiger partial charge in [0.05, 0.1) is 12.7 Å². The van der Waals surface area contributed by atoms with Gasteiger partial charge < -0.3 is 9.14 Å². The van der Waals surface area contributed by atoms with E-state index in [9.17, 15) is 0 Å². The normalized spacial score (nSPS) is 11.4. The average molecular weight is 189 g/mol. The third kappa shape index (κ3) is 1.80. The lowest BCUT2D eigenvalue weighted by Crippen LogP contribution is -2.03. The Kier molecular flexibility index (Phi) is 2.55. The first-order chi connectivity index (χ1) is 6.77. The van der Waals surface area contributed by atoms with Gasteiger partial charge in [-0.2, -0.15) is 0 Å². The molecule has 0 aromatic carbocycles. The lowest BCUT2D eigenvalue weighted by Gasteiger charge is -2.07. The molecule has 0 N–H and O–H groups in total.